The molecule has 0 spiro atoms. The molecule has 0 aliphatic heterocycles. The van der Waals surface area contributed by atoms with E-state index < -0.39 is 14.9 Å². The van der Waals surface area contributed by atoms with Crippen molar-refractivity contribution in [3.05, 3.63) is 0 Å². The van der Waals surface area contributed by atoms with E-state index in [1.807, 2.05) is 0 Å². The topological polar surface area (TPSA) is 0 Å². The van der Waals surface area contributed by atoms with Crippen molar-refractivity contribution in [3.8, 4) is 0 Å². The van der Waals surface area contributed by atoms with Crippen LogP contribution in [0.1, 0.15) is 0 Å². The van der Waals surface area contributed by atoms with Gasteiger partial charge < -0.3 is 18.8 Å². The maximum atomic E-state index is 9.85. The van der Waals surface area contributed by atoms with Crippen LogP contribution in [0.3, 0.4) is 0 Å². The fourth-order valence-electron chi connectivity index (χ4n) is 0. The Morgan fingerprint density at radius 2 is 0.857 bits per heavy atom. The Morgan fingerprint density at radius 1 is 0.857 bits per heavy atom. The molecule has 0 amide bonds. The van der Waals surface area contributed by atoms with Gasteiger partial charge in [0.1, 0.15) is 0 Å². The third-order valence-electron chi connectivity index (χ3n) is 0. The molecule has 0 bridgehead atoms. The Bertz CT molecular complexity index is 23.6. The van der Waals surface area contributed by atoms with Crippen LogP contribution in [-0.4, -0.2) is 14.9 Å². The van der Waals surface area contributed by atoms with Crippen molar-refractivity contribution in [2.24, 2.45) is 0 Å². The molecule has 0 nitrogen and oxygen atoms in total. The van der Waals surface area contributed by atoms with Gasteiger partial charge in [-0.05, 0) is 0 Å². The van der Waals surface area contributed by atoms with Crippen LogP contribution in [0.25, 0.3) is 0 Å². The number of hydrogen-bond acceptors (Lipinski definition) is 0. The first-order valence-electron chi connectivity index (χ1n) is 0.873. The van der Waals surface area contributed by atoms with Gasteiger partial charge in [-0.15, -0.1) is 0 Å². The minimum Gasteiger partial charge on any atom is -1.00 e. The summed E-state index contributed by atoms with van der Waals surface area (Å²) in [6.07, 6.45) is 0. The predicted molar refractivity (Wildman–Crippen MR) is 10.2 cm³/mol. The molecule has 0 saturated heterocycles. The van der Waals surface area contributed by atoms with Gasteiger partial charge in [-0.25, -0.2) is 0 Å². The van der Waals surface area contributed by atoms with Crippen molar-refractivity contribution in [3.63, 3.8) is 0 Å². The summed E-state index contributed by atoms with van der Waals surface area (Å²) in [5, 5.41) is 0. The molecule has 0 fully saturated rings. The molecule has 0 aliphatic rings. The Morgan fingerprint density at radius 3 is 0.857 bits per heavy atom. The average Bonchev–Trinajstić information content (AvgIpc) is 0.722. The third kappa shape index (κ3) is 80.0. The monoisotopic (exact) mass is 161 g/mol. The van der Waals surface area contributed by atoms with Gasteiger partial charge in [-0.1, -0.05) is 0 Å². The largest absolute Gasteiger partial charge is 1.04 e. The zero-order valence-electron chi connectivity index (χ0n) is 3.47. The maximum absolute atomic E-state index is 9.85. The van der Waals surface area contributed by atoms with Gasteiger partial charge in [-0.2, -0.15) is 0 Å². The normalized spacial score (nSPS) is 8.57. The van der Waals surface area contributed by atoms with Crippen molar-refractivity contribution in [2.75, 3.05) is 0 Å². The molecule has 0 aromatic heterocycles. The maximum Gasteiger partial charge on any atom is 1.04 e. The summed E-state index contributed by atoms with van der Waals surface area (Å²) in [7, 11) is 0. The van der Waals surface area contributed by atoms with E-state index in [9.17, 15) is 14.1 Å². The van der Waals surface area contributed by atoms with E-state index in [2.05, 4.69) is 0 Å². The number of hydrogen-bond donors (Lipinski definition) is 0. The Balaban J connectivity index is -0.0000000800. The number of halogens is 5. The van der Waals surface area contributed by atoms with E-state index in [0.29, 0.717) is 0 Å². The van der Waals surface area contributed by atoms with Gasteiger partial charge >= 0.3 is 66.3 Å². The van der Waals surface area contributed by atoms with Crippen molar-refractivity contribution < 1.29 is 70.2 Å². The molecule has 7 heteroatoms. The summed E-state index contributed by atoms with van der Waals surface area (Å²) < 4.78 is 39.4. The molecule has 0 unspecified atom stereocenters. The SMILES string of the molecule is [F-].[F][Al-]([F])([F])[F].[K+]. The second-order valence-electron chi connectivity index (χ2n) is 0.495. The summed E-state index contributed by atoms with van der Waals surface area (Å²) in [6, 6.07) is 0. The molecule has 0 radical (unpaired) electrons. The Kier molecular flexibility index (Phi) is 13.5. The van der Waals surface area contributed by atoms with Crippen LogP contribution in [-0.2, 0) is 0 Å². The van der Waals surface area contributed by atoms with Crippen molar-refractivity contribution in [1.82, 2.24) is 0 Å². The molecule has 0 aromatic rings. The van der Waals surface area contributed by atoms with E-state index in [1.165, 1.54) is 0 Å². The Labute approximate surface area is 83.6 Å². The van der Waals surface area contributed by atoms with Crippen LogP contribution >= 0.6 is 0 Å². The van der Waals surface area contributed by atoms with E-state index in [-0.39, 0.29) is 56.1 Å². The zero-order chi connectivity index (χ0) is 4.50. The van der Waals surface area contributed by atoms with E-state index in [1.54, 1.807) is 0 Å². The molecule has 0 heterocycles. The van der Waals surface area contributed by atoms with Crippen LogP contribution in [0.5, 0.6) is 0 Å². The molecule has 0 aliphatic carbocycles. The van der Waals surface area contributed by atoms with Crippen molar-refractivity contribution >= 4 is 14.9 Å². The van der Waals surface area contributed by atoms with Crippen LogP contribution in [0, 0.1) is 0 Å². The first kappa shape index (κ1) is 15.9. The van der Waals surface area contributed by atoms with E-state index in [4.69, 9.17) is 0 Å². The van der Waals surface area contributed by atoms with Crippen LogP contribution in [0.15, 0.2) is 0 Å². The third-order valence-corrected chi connectivity index (χ3v) is 0. The molecule has 40 valence electrons. The smallest absolute Gasteiger partial charge is 1.00 e. The standard InChI is InChI=1S/Al.5FH.K/h;5*1H;/q+3;;;;;;+1/p-5. The van der Waals surface area contributed by atoms with E-state index >= 15 is 0 Å². The summed E-state index contributed by atoms with van der Waals surface area (Å²) in [5.74, 6) is 0. The van der Waals surface area contributed by atoms with E-state index in [0.717, 1.165) is 0 Å². The molecule has 0 aromatic carbocycles. The van der Waals surface area contributed by atoms with Gasteiger partial charge in [0.2, 0.25) is 0 Å². The summed E-state index contributed by atoms with van der Waals surface area (Å²) >= 11 is -6.83. The minimum atomic E-state index is -6.83. The Hall–Kier alpha value is 1.82. The van der Waals surface area contributed by atoms with Crippen LogP contribution in [0.2, 0.25) is 0 Å². The van der Waals surface area contributed by atoms with Gasteiger partial charge in [-0.3, -0.25) is 0 Å². The van der Waals surface area contributed by atoms with Crippen molar-refractivity contribution in [1.29, 1.82) is 0 Å². The molecular weight excluding hydrogens is 161 g/mol. The summed E-state index contributed by atoms with van der Waals surface area (Å²) in [6.45, 7) is 0. The summed E-state index contributed by atoms with van der Waals surface area (Å²) in [5.41, 5.74) is 0. The van der Waals surface area contributed by atoms with Gasteiger partial charge in [0.15, 0.2) is 0 Å². The zero-order valence-corrected chi connectivity index (χ0v) is 7.74. The first-order valence-corrected chi connectivity index (χ1v) is 2.62. The van der Waals surface area contributed by atoms with Crippen LogP contribution < -0.4 is 56.1 Å². The minimum absolute atomic E-state index is 0. The molecular formula is AlF5K-. The quantitative estimate of drug-likeness (QED) is 0.247. The fraction of sp³-hybridized carbons (Fsp3) is 0. The van der Waals surface area contributed by atoms with Gasteiger partial charge in [0.25, 0.3) is 0 Å². The molecule has 0 saturated carbocycles. The predicted octanol–water partition coefficient (Wildman–Crippen LogP) is -4.69. The van der Waals surface area contributed by atoms with Crippen molar-refractivity contribution in [2.45, 2.75) is 0 Å². The molecule has 0 atom stereocenters. The molecule has 0 N–H and O–H groups in total. The summed E-state index contributed by atoms with van der Waals surface area (Å²) in [4.78, 5) is 0. The second kappa shape index (κ2) is 5.95. The fourth-order valence-corrected chi connectivity index (χ4v) is 0. The average molecular weight is 161 g/mol. The second-order valence-corrected chi connectivity index (χ2v) is 1.48. The van der Waals surface area contributed by atoms with Gasteiger partial charge in [0.05, 0.1) is 0 Å². The van der Waals surface area contributed by atoms with Gasteiger partial charge in [0, 0.05) is 0 Å². The molecule has 7 heavy (non-hydrogen) atoms. The van der Waals surface area contributed by atoms with Crippen LogP contribution in [0.4, 0.5) is 14.1 Å². The molecule has 0 rings (SSSR count). The number of rotatable bonds is 0. The first-order chi connectivity index (χ1) is 2.00.